The smallest absolute Gasteiger partial charge is 0.245 e. The molecule has 1 aliphatic rings. The molecule has 2 atom stereocenters. The maximum Gasteiger partial charge on any atom is 0.245 e. The molecular weight excluding hydrogens is 300 g/mol. The van der Waals surface area contributed by atoms with Gasteiger partial charge in [-0.2, -0.15) is 0 Å². The lowest BCUT2D eigenvalue weighted by molar-refractivity contribution is -0.166. The van der Waals surface area contributed by atoms with Crippen LogP contribution >= 0.6 is 0 Å². The van der Waals surface area contributed by atoms with Gasteiger partial charge in [0.05, 0.1) is 6.10 Å². The number of benzene rings is 1. The maximum absolute atomic E-state index is 12.7. The second-order valence-corrected chi connectivity index (χ2v) is 7.45. The predicted octanol–water partition coefficient (Wildman–Crippen LogP) is 3.89. The fraction of sp³-hybridized carbons (Fsp3) is 0.650. The van der Waals surface area contributed by atoms with Crippen LogP contribution in [0.4, 0.5) is 5.69 Å². The molecule has 1 aromatic rings. The lowest BCUT2D eigenvalue weighted by Crippen LogP contribution is -2.74. The van der Waals surface area contributed by atoms with Gasteiger partial charge in [0, 0.05) is 24.1 Å². The average molecular weight is 332 g/mol. The lowest BCUT2D eigenvalue weighted by Gasteiger charge is -2.57. The molecule has 24 heavy (non-hydrogen) atoms. The van der Waals surface area contributed by atoms with Gasteiger partial charge in [0.15, 0.2) is 0 Å². The zero-order valence-corrected chi connectivity index (χ0v) is 15.5. The fourth-order valence-electron chi connectivity index (χ4n) is 3.40. The number of aryl methyl sites for hydroxylation is 1. The van der Waals surface area contributed by atoms with Gasteiger partial charge in [-0.05, 0) is 37.5 Å². The van der Waals surface area contributed by atoms with E-state index in [9.17, 15) is 4.79 Å². The molecule has 0 spiro atoms. The molecule has 0 radical (unpaired) electrons. The van der Waals surface area contributed by atoms with Crippen molar-refractivity contribution >= 4 is 11.6 Å². The second-order valence-electron chi connectivity index (χ2n) is 7.45. The summed E-state index contributed by atoms with van der Waals surface area (Å²) in [4.78, 5) is 12.7. The quantitative estimate of drug-likeness (QED) is 0.710. The largest absolute Gasteiger partial charge is 0.378 e. The first-order valence-electron chi connectivity index (χ1n) is 9.16. The summed E-state index contributed by atoms with van der Waals surface area (Å²) in [6.45, 7) is 8.83. The van der Waals surface area contributed by atoms with E-state index in [2.05, 4.69) is 24.4 Å². The Labute approximate surface area is 146 Å². The molecule has 3 N–H and O–H groups in total. The number of hydrogen-bond donors (Lipinski definition) is 2. The van der Waals surface area contributed by atoms with Gasteiger partial charge in [-0.3, -0.25) is 4.79 Å². The normalized spacial score (nSPS) is 25.1. The van der Waals surface area contributed by atoms with Crippen molar-refractivity contribution in [2.75, 3.05) is 11.9 Å². The monoisotopic (exact) mass is 332 g/mol. The molecule has 4 nitrogen and oxygen atoms in total. The highest BCUT2D eigenvalue weighted by atomic mass is 16.5. The van der Waals surface area contributed by atoms with Gasteiger partial charge in [-0.1, -0.05) is 45.7 Å². The Morgan fingerprint density at radius 2 is 1.92 bits per heavy atom. The molecule has 0 heterocycles. The van der Waals surface area contributed by atoms with Crippen molar-refractivity contribution in [3.8, 4) is 0 Å². The van der Waals surface area contributed by atoms with Crippen LogP contribution in [0, 0.1) is 5.41 Å². The van der Waals surface area contributed by atoms with E-state index in [1.807, 2.05) is 32.9 Å². The maximum atomic E-state index is 12.7. The molecule has 0 bridgehead atoms. The third kappa shape index (κ3) is 3.65. The third-order valence-electron chi connectivity index (χ3n) is 5.52. The van der Waals surface area contributed by atoms with E-state index in [0.717, 1.165) is 12.1 Å². The molecule has 0 aromatic heterocycles. The van der Waals surface area contributed by atoms with Gasteiger partial charge in [0.25, 0.3) is 0 Å². The highest BCUT2D eigenvalue weighted by Gasteiger charge is 2.62. The zero-order chi connectivity index (χ0) is 17.8. The van der Waals surface area contributed by atoms with Crippen LogP contribution in [-0.4, -0.2) is 24.2 Å². The summed E-state index contributed by atoms with van der Waals surface area (Å²) < 4.78 is 5.69. The Hall–Kier alpha value is -1.39. The van der Waals surface area contributed by atoms with Crippen molar-refractivity contribution in [1.29, 1.82) is 0 Å². The highest BCUT2D eigenvalue weighted by molar-refractivity contribution is 5.99. The van der Waals surface area contributed by atoms with Crippen LogP contribution in [0.2, 0.25) is 0 Å². The minimum Gasteiger partial charge on any atom is -0.378 e. The van der Waals surface area contributed by atoms with Gasteiger partial charge >= 0.3 is 0 Å². The molecule has 2 unspecified atom stereocenters. The van der Waals surface area contributed by atoms with Gasteiger partial charge < -0.3 is 15.8 Å². The minimum atomic E-state index is -0.882. The van der Waals surface area contributed by atoms with E-state index >= 15 is 0 Å². The third-order valence-corrected chi connectivity index (χ3v) is 5.52. The number of nitrogens with two attached hydrogens (primary N) is 1. The summed E-state index contributed by atoms with van der Waals surface area (Å²) in [6, 6.07) is 8.11. The fourth-order valence-corrected chi connectivity index (χ4v) is 3.40. The second kappa shape index (κ2) is 7.66. The first kappa shape index (κ1) is 18.9. The molecule has 4 heteroatoms. The van der Waals surface area contributed by atoms with Crippen LogP contribution in [0.5, 0.6) is 0 Å². The van der Waals surface area contributed by atoms with Crippen LogP contribution in [0.25, 0.3) is 0 Å². The Morgan fingerprint density at radius 1 is 1.25 bits per heavy atom. The summed E-state index contributed by atoms with van der Waals surface area (Å²) in [6.07, 6.45) is 5.39. The Bertz CT molecular complexity index is 553. The van der Waals surface area contributed by atoms with E-state index in [-0.39, 0.29) is 17.4 Å². The Morgan fingerprint density at radius 3 is 2.46 bits per heavy atom. The van der Waals surface area contributed by atoms with Crippen LogP contribution in [-0.2, 0) is 16.0 Å². The molecular formula is C20H32N2O2. The highest BCUT2D eigenvalue weighted by Crippen LogP contribution is 2.50. The molecule has 1 amide bonds. The summed E-state index contributed by atoms with van der Waals surface area (Å²) in [7, 11) is 0. The number of amides is 1. The number of carbonyl (C=O) groups is 1. The zero-order valence-electron chi connectivity index (χ0n) is 15.5. The van der Waals surface area contributed by atoms with Crippen LogP contribution < -0.4 is 11.1 Å². The molecule has 1 saturated carbocycles. The van der Waals surface area contributed by atoms with Crippen molar-refractivity contribution in [3.63, 3.8) is 0 Å². The number of anilines is 1. The minimum absolute atomic E-state index is 0.0409. The summed E-state index contributed by atoms with van der Waals surface area (Å²) in [5, 5.41) is 2.98. The number of hydrogen-bond acceptors (Lipinski definition) is 3. The molecule has 134 valence electrons. The topological polar surface area (TPSA) is 64.4 Å². The van der Waals surface area contributed by atoms with Crippen LogP contribution in [0.15, 0.2) is 24.3 Å². The van der Waals surface area contributed by atoms with E-state index in [0.29, 0.717) is 13.0 Å². The molecule has 0 aliphatic heterocycles. The van der Waals surface area contributed by atoms with Gasteiger partial charge in [-0.15, -0.1) is 0 Å². The summed E-state index contributed by atoms with van der Waals surface area (Å²) in [5.74, 6) is -0.123. The van der Waals surface area contributed by atoms with Crippen LogP contribution in [0.1, 0.15) is 58.9 Å². The molecule has 1 fully saturated rings. The standard InChI is InChI=1S/C20H32N2O2/c1-5-7-8-9-15-10-12-16(13-11-15)22-18(23)20(21)14-17(24-6-2)19(20,3)4/h10-13,17H,5-9,14,21H2,1-4H3,(H,22,23). The number of nitrogens with one attached hydrogen (secondary N) is 1. The Balaban J connectivity index is 1.95. The van der Waals surface area contributed by atoms with Crippen molar-refractivity contribution in [3.05, 3.63) is 29.8 Å². The lowest BCUT2D eigenvalue weighted by atomic mass is 9.54. The average Bonchev–Trinajstić information content (AvgIpc) is 2.56. The van der Waals surface area contributed by atoms with Gasteiger partial charge in [0.1, 0.15) is 5.54 Å². The van der Waals surface area contributed by atoms with Gasteiger partial charge in [-0.25, -0.2) is 0 Å². The van der Waals surface area contributed by atoms with E-state index in [1.54, 1.807) is 0 Å². The molecule has 1 aliphatic carbocycles. The molecule has 0 saturated heterocycles. The summed E-state index contributed by atoms with van der Waals surface area (Å²) in [5.41, 5.74) is 7.28. The first-order chi connectivity index (χ1) is 11.3. The summed E-state index contributed by atoms with van der Waals surface area (Å²) >= 11 is 0. The van der Waals surface area contributed by atoms with Gasteiger partial charge in [0.2, 0.25) is 5.91 Å². The van der Waals surface area contributed by atoms with Crippen LogP contribution in [0.3, 0.4) is 0 Å². The number of rotatable bonds is 8. The van der Waals surface area contributed by atoms with Crippen molar-refractivity contribution in [2.45, 2.75) is 71.4 Å². The molecule has 2 rings (SSSR count). The first-order valence-corrected chi connectivity index (χ1v) is 9.16. The number of ether oxygens (including phenoxy) is 1. The van der Waals surface area contributed by atoms with E-state index < -0.39 is 5.54 Å². The number of carbonyl (C=O) groups excluding carboxylic acids is 1. The Kier molecular flexibility index (Phi) is 6.05. The van der Waals surface area contributed by atoms with Crippen molar-refractivity contribution in [1.82, 2.24) is 0 Å². The molecule has 1 aromatic carbocycles. The van der Waals surface area contributed by atoms with Crippen molar-refractivity contribution in [2.24, 2.45) is 11.1 Å². The SMILES string of the molecule is CCCCCc1ccc(NC(=O)C2(N)CC(OCC)C2(C)C)cc1. The van der Waals surface area contributed by atoms with Crippen molar-refractivity contribution < 1.29 is 9.53 Å². The predicted molar refractivity (Wildman–Crippen MR) is 99.0 cm³/mol. The number of unbranched alkanes of at least 4 members (excludes halogenated alkanes) is 2. The van der Waals surface area contributed by atoms with E-state index in [1.165, 1.54) is 24.8 Å². The van der Waals surface area contributed by atoms with E-state index in [4.69, 9.17) is 10.5 Å².